The summed E-state index contributed by atoms with van der Waals surface area (Å²) in [6.07, 6.45) is 0. The van der Waals surface area contributed by atoms with Gasteiger partial charge in [-0.25, -0.2) is 0 Å². The van der Waals surface area contributed by atoms with E-state index in [1.807, 2.05) is 0 Å². The summed E-state index contributed by atoms with van der Waals surface area (Å²) in [6.45, 7) is 0. The van der Waals surface area contributed by atoms with E-state index in [1.54, 1.807) is 0 Å². The fraction of sp³-hybridized carbons (Fsp3) is 0. The molecule has 6 nitrogen and oxygen atoms in total. The average molecular weight is 336 g/mol. The normalized spacial score (nSPS) is 11.5. The molecule has 0 spiro atoms. The Balaban J connectivity index is 0.00000180. The van der Waals surface area contributed by atoms with Crippen LogP contribution in [0, 0.1) is 0 Å². The van der Waals surface area contributed by atoms with Gasteiger partial charge in [0.15, 0.2) is 0 Å². The SMILES string of the molecule is O=S(=O)(O)c1ccc2c(S(=O)(=O)O)cccc2c1.[NaH].[NaH]. The van der Waals surface area contributed by atoms with Crippen LogP contribution in [-0.2, 0) is 20.2 Å². The molecule has 2 rings (SSSR count). The Kier molecular flexibility index (Phi) is 7.37. The van der Waals surface area contributed by atoms with Crippen molar-refractivity contribution in [3.05, 3.63) is 36.4 Å². The third-order valence-electron chi connectivity index (χ3n) is 2.39. The summed E-state index contributed by atoms with van der Waals surface area (Å²) in [5.74, 6) is 0. The quantitative estimate of drug-likeness (QED) is 0.592. The first kappa shape index (κ1) is 20.5. The van der Waals surface area contributed by atoms with Gasteiger partial charge >= 0.3 is 59.1 Å². The second-order valence-electron chi connectivity index (χ2n) is 3.59. The zero-order valence-corrected chi connectivity index (χ0v) is 10.4. The number of benzene rings is 2. The summed E-state index contributed by atoms with van der Waals surface area (Å²) in [5.41, 5.74) is 0. The van der Waals surface area contributed by atoms with E-state index in [1.165, 1.54) is 24.3 Å². The molecule has 0 aliphatic carbocycles. The molecule has 0 aliphatic heterocycles. The number of fused-ring (bicyclic) bond motifs is 1. The van der Waals surface area contributed by atoms with E-state index in [0.717, 1.165) is 12.1 Å². The molecule has 0 bridgehead atoms. The van der Waals surface area contributed by atoms with Crippen molar-refractivity contribution >= 4 is 90.1 Å². The van der Waals surface area contributed by atoms with Gasteiger partial charge in [0.1, 0.15) is 4.90 Å². The Morgan fingerprint density at radius 1 is 0.800 bits per heavy atom. The molecule has 100 valence electrons. The Morgan fingerprint density at radius 3 is 1.90 bits per heavy atom. The molecule has 0 aromatic heterocycles. The summed E-state index contributed by atoms with van der Waals surface area (Å²) >= 11 is 0. The van der Waals surface area contributed by atoms with Crippen LogP contribution in [0.25, 0.3) is 10.8 Å². The molecule has 0 amide bonds. The van der Waals surface area contributed by atoms with E-state index >= 15 is 0 Å². The summed E-state index contributed by atoms with van der Waals surface area (Å²) in [7, 11) is -8.74. The molecular weight excluding hydrogens is 326 g/mol. The molecule has 0 saturated heterocycles. The minimum atomic E-state index is -4.39. The van der Waals surface area contributed by atoms with Crippen molar-refractivity contribution in [2.45, 2.75) is 9.79 Å². The fourth-order valence-electron chi connectivity index (χ4n) is 1.62. The zero-order valence-electron chi connectivity index (χ0n) is 8.81. The predicted molar refractivity (Wildman–Crippen MR) is 77.9 cm³/mol. The maximum atomic E-state index is 11.1. The van der Waals surface area contributed by atoms with E-state index in [2.05, 4.69) is 0 Å². The number of hydrogen-bond acceptors (Lipinski definition) is 4. The Hall–Kier alpha value is 0.520. The minimum absolute atomic E-state index is 0. The van der Waals surface area contributed by atoms with E-state index < -0.39 is 20.2 Å². The second-order valence-corrected chi connectivity index (χ2v) is 6.40. The molecule has 0 heterocycles. The molecule has 2 aromatic carbocycles. The first-order valence-electron chi connectivity index (χ1n) is 4.67. The van der Waals surface area contributed by atoms with Crippen LogP contribution in [0.5, 0.6) is 0 Å². The third-order valence-corrected chi connectivity index (χ3v) is 4.15. The fourth-order valence-corrected chi connectivity index (χ4v) is 2.85. The number of hydrogen-bond donors (Lipinski definition) is 2. The molecule has 0 saturated carbocycles. The first-order chi connectivity index (χ1) is 8.19. The van der Waals surface area contributed by atoms with Gasteiger partial charge in [0.2, 0.25) is 0 Å². The molecule has 20 heavy (non-hydrogen) atoms. The van der Waals surface area contributed by atoms with Crippen LogP contribution in [0.1, 0.15) is 0 Å². The van der Waals surface area contributed by atoms with Gasteiger partial charge in [0.25, 0.3) is 20.2 Å². The third kappa shape index (κ3) is 4.51. The van der Waals surface area contributed by atoms with Gasteiger partial charge in [-0.1, -0.05) is 18.2 Å². The van der Waals surface area contributed by atoms with Crippen molar-refractivity contribution in [3.63, 3.8) is 0 Å². The molecule has 0 unspecified atom stereocenters. The summed E-state index contributed by atoms with van der Waals surface area (Å²) in [4.78, 5) is -0.663. The van der Waals surface area contributed by atoms with Crippen molar-refractivity contribution in [1.82, 2.24) is 0 Å². The first-order valence-corrected chi connectivity index (χ1v) is 7.55. The monoisotopic (exact) mass is 336 g/mol. The van der Waals surface area contributed by atoms with Gasteiger partial charge < -0.3 is 0 Å². The van der Waals surface area contributed by atoms with Crippen LogP contribution in [0.15, 0.2) is 46.2 Å². The molecule has 0 atom stereocenters. The van der Waals surface area contributed by atoms with Gasteiger partial charge in [-0.15, -0.1) is 0 Å². The van der Waals surface area contributed by atoms with Gasteiger partial charge in [-0.2, -0.15) is 16.8 Å². The van der Waals surface area contributed by atoms with Crippen LogP contribution in [0.4, 0.5) is 0 Å². The average Bonchev–Trinajstić information content (AvgIpc) is 2.25. The predicted octanol–water partition coefficient (Wildman–Crippen LogP) is 0.0362. The van der Waals surface area contributed by atoms with Gasteiger partial charge in [-0.3, -0.25) is 9.11 Å². The van der Waals surface area contributed by atoms with Crippen molar-refractivity contribution in [3.8, 4) is 0 Å². The van der Waals surface area contributed by atoms with Crippen LogP contribution < -0.4 is 0 Å². The van der Waals surface area contributed by atoms with Crippen LogP contribution in [0.3, 0.4) is 0 Å². The van der Waals surface area contributed by atoms with Crippen molar-refractivity contribution in [2.75, 3.05) is 0 Å². The van der Waals surface area contributed by atoms with E-state index in [9.17, 15) is 16.8 Å². The summed E-state index contributed by atoms with van der Waals surface area (Å²) < 4.78 is 62.0. The molecule has 0 fully saturated rings. The van der Waals surface area contributed by atoms with E-state index in [0.29, 0.717) is 0 Å². The van der Waals surface area contributed by atoms with E-state index in [-0.39, 0.29) is 79.7 Å². The van der Waals surface area contributed by atoms with Crippen molar-refractivity contribution in [2.24, 2.45) is 0 Å². The van der Waals surface area contributed by atoms with E-state index in [4.69, 9.17) is 9.11 Å². The van der Waals surface area contributed by atoms with Crippen LogP contribution in [-0.4, -0.2) is 85.1 Å². The second kappa shape index (κ2) is 7.19. The maximum absolute atomic E-state index is 11.1. The molecule has 0 aliphatic rings. The zero-order chi connectivity index (χ0) is 13.6. The Morgan fingerprint density at radius 2 is 1.40 bits per heavy atom. The van der Waals surface area contributed by atoms with Gasteiger partial charge in [-0.05, 0) is 23.6 Å². The topological polar surface area (TPSA) is 109 Å². The van der Waals surface area contributed by atoms with Crippen molar-refractivity contribution < 1.29 is 25.9 Å². The molecule has 2 aromatic rings. The standard InChI is InChI=1S/C10H8O6S2.2Na.2H/c11-17(12,13)8-4-5-9-7(6-8)2-1-3-10(9)18(14,15)16;;;;/h1-6H,(H,11,12,13)(H,14,15,16);;;;. The molecule has 0 radical (unpaired) electrons. The molecular formula is C10H10Na2O6S2. The molecule has 10 heteroatoms. The van der Waals surface area contributed by atoms with Crippen LogP contribution in [0.2, 0.25) is 0 Å². The summed E-state index contributed by atoms with van der Waals surface area (Å²) in [5, 5.41) is 0.452. The molecule has 2 N–H and O–H groups in total. The Labute approximate surface area is 160 Å². The van der Waals surface area contributed by atoms with Crippen LogP contribution >= 0.6 is 0 Å². The number of rotatable bonds is 2. The van der Waals surface area contributed by atoms with Crippen molar-refractivity contribution in [1.29, 1.82) is 0 Å². The van der Waals surface area contributed by atoms with Gasteiger partial charge in [0, 0.05) is 5.39 Å². The van der Waals surface area contributed by atoms with Gasteiger partial charge in [0.05, 0.1) is 4.90 Å². The Bertz CT molecular complexity index is 830. The summed E-state index contributed by atoms with van der Waals surface area (Å²) in [6, 6.07) is 7.43.